The Morgan fingerprint density at radius 3 is 2.85 bits per heavy atom. The Morgan fingerprint density at radius 1 is 1.33 bits per heavy atom. The van der Waals surface area contributed by atoms with Crippen LogP contribution < -0.4 is 5.48 Å². The van der Waals surface area contributed by atoms with Crippen molar-refractivity contribution in [1.29, 1.82) is 0 Å². The zero-order valence-corrected chi connectivity index (χ0v) is 14.6. The molecule has 2 aliphatic rings. The highest BCUT2D eigenvalue weighted by atomic mass is 19.4. The molecule has 0 radical (unpaired) electrons. The molecule has 0 aromatic heterocycles. The molecule has 1 aromatic rings. The highest BCUT2D eigenvalue weighted by Crippen LogP contribution is 2.30. The van der Waals surface area contributed by atoms with Crippen molar-refractivity contribution in [2.24, 2.45) is 5.92 Å². The Morgan fingerprint density at radius 2 is 2.15 bits per heavy atom. The fourth-order valence-electron chi connectivity index (χ4n) is 3.18. The molecule has 2 heterocycles. The van der Waals surface area contributed by atoms with E-state index in [2.05, 4.69) is 5.48 Å². The van der Waals surface area contributed by atoms with Gasteiger partial charge >= 0.3 is 6.18 Å². The van der Waals surface area contributed by atoms with Crippen LogP contribution in [0.3, 0.4) is 0 Å². The first-order valence-corrected chi connectivity index (χ1v) is 8.84. The van der Waals surface area contributed by atoms with Crippen LogP contribution in [0.1, 0.15) is 36.8 Å². The highest BCUT2D eigenvalue weighted by molar-refractivity contribution is 5.88. The number of benzene rings is 1. The van der Waals surface area contributed by atoms with E-state index in [-0.39, 0.29) is 25.4 Å². The lowest BCUT2D eigenvalue weighted by molar-refractivity contribution is -0.202. The smallest absolute Gasteiger partial charge is 0.350 e. The molecule has 0 bridgehead atoms. The van der Waals surface area contributed by atoms with Gasteiger partial charge in [0.1, 0.15) is 0 Å². The Hall–Kier alpha value is -2.13. The van der Waals surface area contributed by atoms with E-state index in [4.69, 9.17) is 9.57 Å². The minimum absolute atomic E-state index is 0.000319. The van der Waals surface area contributed by atoms with Gasteiger partial charge in [-0.2, -0.15) is 13.2 Å². The summed E-state index contributed by atoms with van der Waals surface area (Å²) in [5, 5.41) is 0. The first kappa shape index (κ1) is 19.6. The molecule has 27 heavy (non-hydrogen) atoms. The van der Waals surface area contributed by atoms with Gasteiger partial charge in [0.25, 0.3) is 0 Å². The molecule has 2 saturated heterocycles. The molecule has 148 valence electrons. The highest BCUT2D eigenvalue weighted by Gasteiger charge is 2.35. The third kappa shape index (κ3) is 5.20. The second-order valence-corrected chi connectivity index (χ2v) is 6.75. The number of alkyl halides is 3. The van der Waals surface area contributed by atoms with E-state index in [1.807, 2.05) is 0 Å². The average Bonchev–Trinajstić information content (AvgIpc) is 3.01. The maximum Gasteiger partial charge on any atom is 0.416 e. The molecule has 6 nitrogen and oxygen atoms in total. The summed E-state index contributed by atoms with van der Waals surface area (Å²) in [6, 6.07) is 4.83. The van der Waals surface area contributed by atoms with Gasteiger partial charge in [-0.05, 0) is 30.5 Å². The third-order valence-corrected chi connectivity index (χ3v) is 4.64. The minimum atomic E-state index is -4.44. The topological polar surface area (TPSA) is 67.9 Å². The van der Waals surface area contributed by atoms with Crippen molar-refractivity contribution >= 4 is 11.8 Å². The Bertz CT molecular complexity index is 689. The first-order valence-electron chi connectivity index (χ1n) is 8.84. The van der Waals surface area contributed by atoms with Crippen molar-refractivity contribution in [2.45, 2.75) is 44.7 Å². The van der Waals surface area contributed by atoms with Crippen molar-refractivity contribution in [2.75, 3.05) is 13.2 Å². The molecular formula is C18H21F3N2O4. The number of carbonyl (C=O) groups excluding carboxylic acids is 2. The quantitative estimate of drug-likeness (QED) is 0.790. The Labute approximate surface area is 154 Å². The van der Waals surface area contributed by atoms with Gasteiger partial charge in [0, 0.05) is 32.5 Å². The summed E-state index contributed by atoms with van der Waals surface area (Å²) in [6.07, 6.45) is -2.33. The van der Waals surface area contributed by atoms with Crippen LogP contribution in [-0.4, -0.2) is 36.2 Å². The number of ether oxygens (including phenoxy) is 1. The van der Waals surface area contributed by atoms with E-state index >= 15 is 0 Å². The molecule has 0 aliphatic carbocycles. The maximum absolute atomic E-state index is 12.8. The normalized spacial score (nSPS) is 23.5. The van der Waals surface area contributed by atoms with Crippen molar-refractivity contribution in [3.05, 3.63) is 35.4 Å². The van der Waals surface area contributed by atoms with Crippen molar-refractivity contribution in [3.63, 3.8) is 0 Å². The number of carbonyl (C=O) groups is 2. The van der Waals surface area contributed by atoms with Crippen molar-refractivity contribution < 1.29 is 32.3 Å². The van der Waals surface area contributed by atoms with Crippen LogP contribution in [0.2, 0.25) is 0 Å². The van der Waals surface area contributed by atoms with Gasteiger partial charge in [0.15, 0.2) is 6.29 Å². The molecule has 0 unspecified atom stereocenters. The molecule has 3 rings (SSSR count). The van der Waals surface area contributed by atoms with Crippen molar-refractivity contribution in [1.82, 2.24) is 10.4 Å². The lowest BCUT2D eigenvalue weighted by Gasteiger charge is -2.23. The largest absolute Gasteiger partial charge is 0.416 e. The number of nitrogens with one attached hydrogen (secondary N) is 1. The Balaban J connectivity index is 1.53. The number of nitrogens with zero attached hydrogens (tertiary/aromatic N) is 1. The summed E-state index contributed by atoms with van der Waals surface area (Å²) in [6.45, 7) is 0.738. The van der Waals surface area contributed by atoms with E-state index in [0.29, 0.717) is 18.6 Å². The number of amides is 2. The van der Waals surface area contributed by atoms with Gasteiger partial charge in [-0.3, -0.25) is 9.59 Å². The summed E-state index contributed by atoms with van der Waals surface area (Å²) in [7, 11) is 0. The van der Waals surface area contributed by atoms with Gasteiger partial charge in [-0.15, -0.1) is 0 Å². The molecule has 1 N–H and O–H groups in total. The summed E-state index contributed by atoms with van der Waals surface area (Å²) < 4.78 is 43.8. The van der Waals surface area contributed by atoms with E-state index in [9.17, 15) is 22.8 Å². The minimum Gasteiger partial charge on any atom is -0.350 e. The van der Waals surface area contributed by atoms with Crippen LogP contribution in [0.4, 0.5) is 13.2 Å². The number of hydrogen-bond acceptors (Lipinski definition) is 4. The lowest BCUT2D eigenvalue weighted by Crippen LogP contribution is -2.37. The molecule has 2 atom stereocenters. The number of halogens is 3. The lowest BCUT2D eigenvalue weighted by atomic mass is 10.1. The zero-order chi connectivity index (χ0) is 19.4. The Kier molecular flexibility index (Phi) is 6.01. The molecule has 2 amide bonds. The fraction of sp³-hybridized carbons (Fsp3) is 0.556. The second-order valence-electron chi connectivity index (χ2n) is 6.75. The predicted octanol–water partition coefficient (Wildman–Crippen LogP) is 2.63. The molecule has 1 aromatic carbocycles. The van der Waals surface area contributed by atoms with Gasteiger partial charge < -0.3 is 9.64 Å². The number of hydrogen-bond donors (Lipinski definition) is 1. The van der Waals surface area contributed by atoms with Gasteiger partial charge in [0.05, 0.1) is 11.5 Å². The number of rotatable bonds is 5. The van der Waals surface area contributed by atoms with E-state index in [1.54, 1.807) is 0 Å². The third-order valence-electron chi connectivity index (χ3n) is 4.64. The van der Waals surface area contributed by atoms with Gasteiger partial charge in [-0.1, -0.05) is 12.1 Å². The standard InChI is InChI=1S/C18H21F3N2O4/c19-18(20,21)14-5-3-4-12(8-14)10-23-11-13(9-15(23)24)17(25)22-27-16-6-1-2-7-26-16/h3-5,8,13,16H,1-2,6-7,9-11H2,(H,22,25)/t13-,16+/m0/s1. The summed E-state index contributed by atoms with van der Waals surface area (Å²) in [4.78, 5) is 30.9. The second kappa shape index (κ2) is 8.26. The van der Waals surface area contributed by atoms with Crippen LogP contribution >= 0.6 is 0 Å². The summed E-state index contributed by atoms with van der Waals surface area (Å²) in [5.74, 6) is -1.31. The molecule has 2 fully saturated rings. The van der Waals surface area contributed by atoms with Crippen LogP contribution in [0.25, 0.3) is 0 Å². The summed E-state index contributed by atoms with van der Waals surface area (Å²) in [5.41, 5.74) is 1.94. The van der Waals surface area contributed by atoms with E-state index < -0.39 is 29.9 Å². The molecule has 0 saturated carbocycles. The molecule has 9 heteroatoms. The average molecular weight is 386 g/mol. The summed E-state index contributed by atoms with van der Waals surface area (Å²) >= 11 is 0. The zero-order valence-electron chi connectivity index (χ0n) is 14.6. The molecule has 0 spiro atoms. The maximum atomic E-state index is 12.8. The SMILES string of the molecule is O=C(NO[C@@H]1CCCCO1)[C@H]1CC(=O)N(Cc2cccc(C(F)(F)F)c2)C1. The fourth-order valence-corrected chi connectivity index (χ4v) is 3.18. The van der Waals surface area contributed by atoms with E-state index in [0.717, 1.165) is 25.0 Å². The van der Waals surface area contributed by atoms with Crippen LogP contribution in [0, 0.1) is 5.92 Å². The van der Waals surface area contributed by atoms with Crippen LogP contribution in [0.15, 0.2) is 24.3 Å². The van der Waals surface area contributed by atoms with Crippen molar-refractivity contribution in [3.8, 4) is 0 Å². The van der Waals surface area contributed by atoms with Gasteiger partial charge in [0.2, 0.25) is 11.8 Å². The van der Waals surface area contributed by atoms with E-state index in [1.165, 1.54) is 17.0 Å². The van der Waals surface area contributed by atoms with Crippen LogP contribution in [-0.2, 0) is 31.9 Å². The monoisotopic (exact) mass is 386 g/mol. The molecular weight excluding hydrogens is 365 g/mol. The molecule has 2 aliphatic heterocycles. The number of hydroxylamine groups is 1. The predicted molar refractivity (Wildman–Crippen MR) is 87.8 cm³/mol. The first-order chi connectivity index (χ1) is 12.8. The van der Waals surface area contributed by atoms with Gasteiger partial charge in [-0.25, -0.2) is 10.3 Å². The number of likely N-dealkylation sites (tertiary alicyclic amines) is 1. The van der Waals surface area contributed by atoms with Crippen LogP contribution in [0.5, 0.6) is 0 Å².